The summed E-state index contributed by atoms with van der Waals surface area (Å²) < 4.78 is 13.1. The van der Waals surface area contributed by atoms with Crippen LogP contribution in [0.1, 0.15) is 165 Å². The quantitative estimate of drug-likeness (QED) is 0.396. The van der Waals surface area contributed by atoms with Gasteiger partial charge in [0.25, 0.3) is 0 Å². The van der Waals surface area contributed by atoms with Crippen LogP contribution in [0.2, 0.25) is 0 Å². The first-order chi connectivity index (χ1) is 19.8. The maximum atomic E-state index is 11.7. The number of hydrogen-bond donors (Lipinski definition) is 1. The number of benzene rings is 1. The zero-order chi connectivity index (χ0) is 30.4. The Balaban J connectivity index is 0.000000652. The summed E-state index contributed by atoms with van der Waals surface area (Å²) in [7, 11) is 0. The second-order valence-corrected chi connectivity index (χ2v) is 15.9. The van der Waals surface area contributed by atoms with Crippen molar-refractivity contribution in [2.45, 2.75) is 143 Å². The van der Waals surface area contributed by atoms with Crippen molar-refractivity contribution >= 4 is 0 Å². The molecule has 1 saturated carbocycles. The second-order valence-electron chi connectivity index (χ2n) is 15.9. The lowest BCUT2D eigenvalue weighted by Gasteiger charge is -2.39. The van der Waals surface area contributed by atoms with E-state index in [1.165, 1.54) is 47.2 Å². The first-order valence-electron chi connectivity index (χ1n) is 16.9. The van der Waals surface area contributed by atoms with Crippen LogP contribution in [0.3, 0.4) is 0 Å². The van der Waals surface area contributed by atoms with Crippen LogP contribution in [0.25, 0.3) is 0 Å². The molecule has 4 nitrogen and oxygen atoms in total. The SMILES string of the molecule is CC1CCCC12OC(c1ccc(C(C)(C)C)cc1)c1c(C3CCOCC3)nc3c(c12)C(O)CC(C)(C)C3.CCC(C)C. The summed E-state index contributed by atoms with van der Waals surface area (Å²) in [6, 6.07) is 9.11. The highest BCUT2D eigenvalue weighted by Gasteiger charge is 2.56. The molecule has 2 aliphatic carbocycles. The Kier molecular flexibility index (Phi) is 9.03. The van der Waals surface area contributed by atoms with Crippen LogP contribution in [0.4, 0.5) is 0 Å². The van der Waals surface area contributed by atoms with Gasteiger partial charge in [-0.2, -0.15) is 0 Å². The van der Waals surface area contributed by atoms with Gasteiger partial charge in [-0.15, -0.1) is 0 Å². The van der Waals surface area contributed by atoms with E-state index in [1.54, 1.807) is 0 Å². The summed E-state index contributed by atoms with van der Waals surface area (Å²) in [5.74, 6) is 1.68. The molecule has 1 N–H and O–H groups in total. The van der Waals surface area contributed by atoms with Gasteiger partial charge < -0.3 is 14.6 Å². The minimum absolute atomic E-state index is 0.0384. The van der Waals surface area contributed by atoms with Gasteiger partial charge in [-0.1, -0.05) is 93.0 Å². The molecule has 4 aliphatic rings. The lowest BCUT2D eigenvalue weighted by molar-refractivity contribution is -0.0842. The minimum Gasteiger partial charge on any atom is -0.388 e. The molecule has 4 atom stereocenters. The fourth-order valence-corrected chi connectivity index (χ4v) is 7.75. The summed E-state index contributed by atoms with van der Waals surface area (Å²) in [6.07, 6.45) is 7.74. The van der Waals surface area contributed by atoms with Gasteiger partial charge in [-0.05, 0) is 84.3 Å². The van der Waals surface area contributed by atoms with Crippen LogP contribution in [0, 0.1) is 17.3 Å². The molecular weight excluding hydrogens is 518 g/mol. The number of aromatic nitrogens is 1. The molecule has 0 amide bonds. The van der Waals surface area contributed by atoms with Gasteiger partial charge in [0.05, 0.1) is 17.4 Å². The summed E-state index contributed by atoms with van der Waals surface area (Å²) in [4.78, 5) is 5.47. The largest absolute Gasteiger partial charge is 0.388 e. The Bertz CT molecular complexity index is 1230. The normalized spacial score (nSPS) is 28.9. The highest BCUT2D eigenvalue weighted by molar-refractivity contribution is 5.55. The van der Waals surface area contributed by atoms with Gasteiger partial charge in [0.1, 0.15) is 6.10 Å². The second kappa shape index (κ2) is 12.0. The van der Waals surface area contributed by atoms with Gasteiger partial charge in [0.2, 0.25) is 0 Å². The first-order valence-corrected chi connectivity index (χ1v) is 16.9. The number of aliphatic hydroxyl groups is 1. The predicted octanol–water partition coefficient (Wildman–Crippen LogP) is 9.47. The minimum atomic E-state index is -0.487. The Labute approximate surface area is 256 Å². The van der Waals surface area contributed by atoms with Crippen LogP contribution in [0.15, 0.2) is 24.3 Å². The third-order valence-electron chi connectivity index (χ3n) is 10.6. The van der Waals surface area contributed by atoms with E-state index in [-0.39, 0.29) is 22.5 Å². The number of hydrogen-bond acceptors (Lipinski definition) is 4. The van der Waals surface area contributed by atoms with E-state index < -0.39 is 6.10 Å². The summed E-state index contributed by atoms with van der Waals surface area (Å²) in [5.41, 5.74) is 8.41. The number of ether oxygens (including phenoxy) is 2. The highest BCUT2D eigenvalue weighted by atomic mass is 16.5. The zero-order valence-electron chi connectivity index (χ0n) is 28.0. The van der Waals surface area contributed by atoms with Gasteiger partial charge in [-0.3, -0.25) is 4.98 Å². The van der Waals surface area contributed by atoms with Crippen molar-refractivity contribution in [1.29, 1.82) is 0 Å². The van der Waals surface area contributed by atoms with E-state index in [4.69, 9.17) is 14.5 Å². The van der Waals surface area contributed by atoms with Crippen molar-refractivity contribution in [3.05, 3.63) is 63.5 Å². The van der Waals surface area contributed by atoms with Gasteiger partial charge in [-0.25, -0.2) is 0 Å². The molecule has 232 valence electrons. The smallest absolute Gasteiger partial charge is 0.111 e. The molecule has 1 aromatic carbocycles. The number of fused-ring (bicyclic) bond motifs is 4. The first kappa shape index (κ1) is 31.7. The molecular formula is C38H57NO3. The zero-order valence-corrected chi connectivity index (χ0v) is 28.0. The van der Waals surface area contributed by atoms with E-state index in [0.717, 1.165) is 62.5 Å². The number of aliphatic hydroxyl groups excluding tert-OH is 1. The fraction of sp³-hybridized carbons (Fsp3) is 0.711. The van der Waals surface area contributed by atoms with Crippen molar-refractivity contribution in [3.8, 4) is 0 Å². The average Bonchev–Trinajstić information content (AvgIpc) is 3.48. The van der Waals surface area contributed by atoms with E-state index in [9.17, 15) is 5.11 Å². The maximum absolute atomic E-state index is 11.7. The van der Waals surface area contributed by atoms with E-state index in [0.29, 0.717) is 11.8 Å². The molecule has 6 rings (SSSR count). The third kappa shape index (κ3) is 5.97. The lowest BCUT2D eigenvalue weighted by atomic mass is 9.69. The van der Waals surface area contributed by atoms with Gasteiger partial charge in [0, 0.05) is 36.0 Å². The van der Waals surface area contributed by atoms with Gasteiger partial charge >= 0.3 is 0 Å². The molecule has 2 fully saturated rings. The van der Waals surface area contributed by atoms with E-state index in [1.807, 2.05) is 0 Å². The summed E-state index contributed by atoms with van der Waals surface area (Å²) in [6.45, 7) is 21.9. The van der Waals surface area contributed by atoms with Crippen LogP contribution in [-0.2, 0) is 26.9 Å². The monoisotopic (exact) mass is 575 g/mol. The molecule has 42 heavy (non-hydrogen) atoms. The van der Waals surface area contributed by atoms with Crippen molar-refractivity contribution in [1.82, 2.24) is 4.98 Å². The van der Waals surface area contributed by atoms with Crippen molar-refractivity contribution < 1.29 is 14.6 Å². The summed E-state index contributed by atoms with van der Waals surface area (Å²) >= 11 is 0. The van der Waals surface area contributed by atoms with E-state index in [2.05, 4.69) is 86.6 Å². The molecule has 1 spiro atoms. The topological polar surface area (TPSA) is 51.6 Å². The number of rotatable bonds is 3. The average molecular weight is 576 g/mol. The number of nitrogens with zero attached hydrogens (tertiary/aromatic N) is 1. The van der Waals surface area contributed by atoms with Crippen molar-refractivity contribution in [3.63, 3.8) is 0 Å². The standard InChI is InChI=1S/C33H45NO3.C5H12/c1-20-8-7-15-33(20)28-26-24(18-32(5,6)19-25(26)35)34-29(21-13-16-36-17-14-21)27(28)30(37-33)22-9-11-23(12-10-22)31(2,3)4;1-4-5(2)3/h9-12,20-21,25,30,35H,7-8,13-19H2,1-6H3;5H,4H2,1-3H3. The molecule has 2 aliphatic heterocycles. The Morgan fingerprint density at radius 2 is 1.67 bits per heavy atom. The summed E-state index contributed by atoms with van der Waals surface area (Å²) in [5, 5.41) is 11.7. The highest BCUT2D eigenvalue weighted by Crippen LogP contribution is 2.61. The molecule has 4 heteroatoms. The fourth-order valence-electron chi connectivity index (χ4n) is 7.75. The third-order valence-corrected chi connectivity index (χ3v) is 10.6. The van der Waals surface area contributed by atoms with Gasteiger partial charge in [0.15, 0.2) is 0 Å². The molecule has 0 bridgehead atoms. The predicted molar refractivity (Wildman–Crippen MR) is 172 cm³/mol. The van der Waals surface area contributed by atoms with Crippen LogP contribution in [0.5, 0.6) is 0 Å². The molecule has 1 aromatic heterocycles. The van der Waals surface area contributed by atoms with Crippen LogP contribution >= 0.6 is 0 Å². The Morgan fingerprint density at radius 1 is 1.02 bits per heavy atom. The van der Waals surface area contributed by atoms with Crippen molar-refractivity contribution in [2.24, 2.45) is 17.3 Å². The maximum Gasteiger partial charge on any atom is 0.111 e. The Morgan fingerprint density at radius 3 is 2.21 bits per heavy atom. The molecule has 4 unspecified atom stereocenters. The van der Waals surface area contributed by atoms with Crippen LogP contribution < -0.4 is 0 Å². The van der Waals surface area contributed by atoms with E-state index >= 15 is 0 Å². The molecule has 2 aromatic rings. The van der Waals surface area contributed by atoms with Crippen LogP contribution in [-0.4, -0.2) is 23.3 Å². The molecule has 0 radical (unpaired) electrons. The number of pyridine rings is 1. The molecule has 1 saturated heterocycles. The molecule has 3 heterocycles. The van der Waals surface area contributed by atoms with Crippen molar-refractivity contribution in [2.75, 3.05) is 13.2 Å². The lowest BCUT2D eigenvalue weighted by Crippen LogP contribution is -2.34. The Hall–Kier alpha value is -1.75.